The van der Waals surface area contributed by atoms with E-state index in [4.69, 9.17) is 4.74 Å². The van der Waals surface area contributed by atoms with E-state index in [0.29, 0.717) is 11.1 Å². The zero-order valence-electron chi connectivity index (χ0n) is 13.4. The molecular weight excluding hydrogens is 318 g/mol. The van der Waals surface area contributed by atoms with Crippen LogP contribution in [0.4, 0.5) is 0 Å². The van der Waals surface area contributed by atoms with Gasteiger partial charge in [-0.25, -0.2) is 4.98 Å². The van der Waals surface area contributed by atoms with Crippen LogP contribution in [0.5, 0.6) is 0 Å². The zero-order valence-corrected chi connectivity index (χ0v) is 13.4. The summed E-state index contributed by atoms with van der Waals surface area (Å²) in [6, 6.07) is 18.0. The molecule has 0 saturated carbocycles. The van der Waals surface area contributed by atoms with E-state index in [0.717, 1.165) is 5.52 Å². The van der Waals surface area contributed by atoms with E-state index in [1.807, 2.05) is 24.3 Å². The van der Waals surface area contributed by atoms with Gasteiger partial charge in [0, 0.05) is 12.5 Å². The van der Waals surface area contributed by atoms with Crippen LogP contribution in [-0.2, 0) is 9.53 Å². The molecule has 0 radical (unpaired) electrons. The van der Waals surface area contributed by atoms with Crippen LogP contribution >= 0.6 is 0 Å². The number of fused-ring (bicyclic) bond motifs is 1. The third-order valence-corrected chi connectivity index (χ3v) is 3.63. The molecule has 2 aromatic carbocycles. The smallest absolute Gasteiger partial charge is 0.303 e. The molecule has 0 unspecified atom stereocenters. The lowest BCUT2D eigenvalue weighted by Crippen LogP contribution is -2.12. The van der Waals surface area contributed by atoms with Crippen LogP contribution in [0.15, 0.2) is 60.4 Å². The number of ether oxygens (including phenoxy) is 1. The number of imidazole rings is 1. The number of nitrogens with zero attached hydrogens (tertiary/aromatic N) is 2. The predicted octanol–water partition coefficient (Wildman–Crippen LogP) is 3.66. The Balaban J connectivity index is 2.12. The van der Waals surface area contributed by atoms with Gasteiger partial charge in [-0.2, -0.15) is 5.26 Å². The van der Waals surface area contributed by atoms with Gasteiger partial charge in [-0.05, 0) is 12.1 Å². The van der Waals surface area contributed by atoms with Crippen molar-refractivity contribution >= 4 is 22.6 Å². The highest BCUT2D eigenvalue weighted by Gasteiger charge is 2.25. The van der Waals surface area contributed by atoms with E-state index in [1.165, 1.54) is 6.92 Å². The molecule has 0 saturated heterocycles. The summed E-state index contributed by atoms with van der Waals surface area (Å²) in [5.74, 6) is -0.723. The van der Waals surface area contributed by atoms with Gasteiger partial charge >= 0.3 is 5.97 Å². The standard InChI is InChI=1S/C19H15N3O3/c1-12(23)25-18(13-7-3-2-4-8-13)17(24)14(11-20)19-21-15-9-5-6-10-16(15)22-19/h2-10,18,24H,1H3,(H,21,22)/b17-14-/t18-/m0/s1. The number of H-pyrrole nitrogens is 1. The van der Waals surface area contributed by atoms with E-state index in [2.05, 4.69) is 9.97 Å². The van der Waals surface area contributed by atoms with Gasteiger partial charge in [0.1, 0.15) is 11.6 Å². The van der Waals surface area contributed by atoms with Crippen molar-refractivity contribution in [3.05, 3.63) is 71.7 Å². The summed E-state index contributed by atoms with van der Waals surface area (Å²) in [7, 11) is 0. The summed E-state index contributed by atoms with van der Waals surface area (Å²) in [5.41, 5.74) is 1.88. The Labute approximate surface area is 144 Å². The van der Waals surface area contributed by atoms with E-state index in [1.54, 1.807) is 36.4 Å². The van der Waals surface area contributed by atoms with Crippen LogP contribution in [0.2, 0.25) is 0 Å². The highest BCUT2D eigenvalue weighted by atomic mass is 16.6. The molecular formula is C19H15N3O3. The summed E-state index contributed by atoms with van der Waals surface area (Å²) in [6.07, 6.45) is -1.08. The first-order chi connectivity index (χ1) is 12.1. The number of esters is 1. The van der Waals surface area contributed by atoms with E-state index < -0.39 is 12.1 Å². The molecule has 3 aromatic rings. The second-order valence-electron chi connectivity index (χ2n) is 5.37. The Hall–Kier alpha value is -3.59. The van der Waals surface area contributed by atoms with Gasteiger partial charge < -0.3 is 14.8 Å². The Morgan fingerprint density at radius 2 is 1.88 bits per heavy atom. The molecule has 1 heterocycles. The first-order valence-electron chi connectivity index (χ1n) is 7.60. The van der Waals surface area contributed by atoms with Crippen LogP contribution in [0.1, 0.15) is 24.4 Å². The average molecular weight is 333 g/mol. The average Bonchev–Trinajstić information content (AvgIpc) is 3.04. The van der Waals surface area contributed by atoms with Crippen molar-refractivity contribution in [3.8, 4) is 6.07 Å². The highest BCUT2D eigenvalue weighted by molar-refractivity contribution is 5.83. The number of benzene rings is 2. The second kappa shape index (κ2) is 6.89. The van der Waals surface area contributed by atoms with Gasteiger partial charge in [0.25, 0.3) is 0 Å². The third-order valence-electron chi connectivity index (χ3n) is 3.63. The topological polar surface area (TPSA) is 99.0 Å². The van der Waals surface area contributed by atoms with Gasteiger partial charge in [0.2, 0.25) is 0 Å². The highest BCUT2D eigenvalue weighted by Crippen LogP contribution is 2.30. The van der Waals surface area contributed by atoms with Crippen LogP contribution < -0.4 is 0 Å². The summed E-state index contributed by atoms with van der Waals surface area (Å²) < 4.78 is 5.24. The molecule has 0 fully saturated rings. The number of hydrogen-bond donors (Lipinski definition) is 2. The second-order valence-corrected chi connectivity index (χ2v) is 5.37. The molecule has 0 spiro atoms. The van der Waals surface area contributed by atoms with E-state index in [-0.39, 0.29) is 17.2 Å². The molecule has 6 nitrogen and oxygen atoms in total. The fourth-order valence-electron chi connectivity index (χ4n) is 2.51. The molecule has 2 N–H and O–H groups in total. The SMILES string of the molecule is CC(=O)O[C@H](/C(O)=C(\C#N)c1nc2ccccc2[nH]1)c1ccccc1. The van der Waals surface area contributed by atoms with Crippen molar-refractivity contribution < 1.29 is 14.6 Å². The molecule has 0 aliphatic heterocycles. The van der Waals surface area contributed by atoms with Crippen molar-refractivity contribution in [2.75, 3.05) is 0 Å². The number of aliphatic hydroxyl groups excluding tert-OH is 1. The quantitative estimate of drug-likeness (QED) is 0.431. The molecule has 6 heteroatoms. The van der Waals surface area contributed by atoms with Crippen LogP contribution in [-0.4, -0.2) is 21.0 Å². The largest absolute Gasteiger partial charge is 0.507 e. The number of aromatic nitrogens is 2. The maximum atomic E-state index is 11.5. The van der Waals surface area contributed by atoms with E-state index >= 15 is 0 Å². The summed E-state index contributed by atoms with van der Waals surface area (Å²) in [4.78, 5) is 18.8. The first kappa shape index (κ1) is 16.3. The van der Waals surface area contributed by atoms with Gasteiger partial charge in [-0.3, -0.25) is 4.79 Å². The lowest BCUT2D eigenvalue weighted by molar-refractivity contribution is -0.146. The minimum Gasteiger partial charge on any atom is -0.507 e. The summed E-state index contributed by atoms with van der Waals surface area (Å²) >= 11 is 0. The number of carbonyl (C=O) groups is 1. The molecule has 25 heavy (non-hydrogen) atoms. The Bertz CT molecular complexity index is 951. The number of rotatable bonds is 4. The normalized spacial score (nSPS) is 13.0. The third kappa shape index (κ3) is 3.35. The number of aliphatic hydroxyl groups is 1. The lowest BCUT2D eigenvalue weighted by Gasteiger charge is -2.17. The molecule has 0 bridgehead atoms. The molecule has 0 aliphatic carbocycles. The summed E-state index contributed by atoms with van der Waals surface area (Å²) in [6.45, 7) is 1.25. The van der Waals surface area contributed by atoms with Gasteiger partial charge in [0.05, 0.1) is 11.0 Å². The van der Waals surface area contributed by atoms with E-state index in [9.17, 15) is 15.2 Å². The summed E-state index contributed by atoms with van der Waals surface area (Å²) in [5, 5.41) is 20.2. The van der Waals surface area contributed by atoms with Crippen LogP contribution in [0.3, 0.4) is 0 Å². The van der Waals surface area contributed by atoms with Gasteiger partial charge in [-0.1, -0.05) is 42.5 Å². The number of nitrogens with one attached hydrogen (secondary N) is 1. The Morgan fingerprint density at radius 3 is 2.52 bits per heavy atom. The van der Waals surface area contributed by atoms with Crippen molar-refractivity contribution in [1.29, 1.82) is 5.26 Å². The fraction of sp³-hybridized carbons (Fsp3) is 0.105. The number of para-hydroxylation sites is 2. The maximum Gasteiger partial charge on any atom is 0.303 e. The van der Waals surface area contributed by atoms with Crippen molar-refractivity contribution in [2.24, 2.45) is 0 Å². The van der Waals surface area contributed by atoms with Crippen molar-refractivity contribution in [3.63, 3.8) is 0 Å². The monoisotopic (exact) mass is 333 g/mol. The van der Waals surface area contributed by atoms with Gasteiger partial charge in [0.15, 0.2) is 17.7 Å². The first-order valence-corrected chi connectivity index (χ1v) is 7.60. The molecule has 3 rings (SSSR count). The molecule has 0 aliphatic rings. The number of nitriles is 1. The zero-order chi connectivity index (χ0) is 17.8. The molecule has 1 atom stereocenters. The number of allylic oxidation sites excluding steroid dienone is 1. The predicted molar refractivity (Wildman–Crippen MR) is 92.2 cm³/mol. The minimum atomic E-state index is -1.08. The maximum absolute atomic E-state index is 11.5. The molecule has 124 valence electrons. The fourth-order valence-corrected chi connectivity index (χ4v) is 2.51. The minimum absolute atomic E-state index is 0.0775. The molecule has 1 aromatic heterocycles. The lowest BCUT2D eigenvalue weighted by atomic mass is 10.0. The van der Waals surface area contributed by atoms with Crippen molar-refractivity contribution in [2.45, 2.75) is 13.0 Å². The Morgan fingerprint density at radius 1 is 1.20 bits per heavy atom. The van der Waals surface area contributed by atoms with Crippen molar-refractivity contribution in [1.82, 2.24) is 9.97 Å². The number of aromatic amines is 1. The number of carbonyl (C=O) groups excluding carboxylic acids is 1. The van der Waals surface area contributed by atoms with Crippen LogP contribution in [0, 0.1) is 11.3 Å². The Kier molecular flexibility index (Phi) is 4.48. The molecule has 0 amide bonds. The number of hydrogen-bond acceptors (Lipinski definition) is 5. The van der Waals surface area contributed by atoms with Crippen LogP contribution in [0.25, 0.3) is 16.6 Å². The van der Waals surface area contributed by atoms with Gasteiger partial charge in [-0.15, -0.1) is 0 Å².